The molecule has 0 amide bonds. The summed E-state index contributed by atoms with van der Waals surface area (Å²) < 4.78 is 27.6. The Bertz CT molecular complexity index is 1250. The van der Waals surface area contributed by atoms with Gasteiger partial charge in [-0.25, -0.2) is 18.4 Å². The lowest BCUT2D eigenvalue weighted by Gasteiger charge is -2.09. The third-order valence-corrected chi connectivity index (χ3v) is 5.75. The van der Waals surface area contributed by atoms with Gasteiger partial charge in [-0.3, -0.25) is 9.36 Å². The summed E-state index contributed by atoms with van der Waals surface area (Å²) in [4.78, 5) is 22.9. The predicted molar refractivity (Wildman–Crippen MR) is 101 cm³/mol. The van der Waals surface area contributed by atoms with E-state index in [1.807, 2.05) is 36.4 Å². The Labute approximate surface area is 155 Å². The summed E-state index contributed by atoms with van der Waals surface area (Å²) in [5.74, 6) is -0.205. The Balaban J connectivity index is 1.87. The van der Waals surface area contributed by atoms with Crippen LogP contribution in [0.4, 0.5) is 0 Å². The molecule has 0 bridgehead atoms. The largest absolute Gasteiger partial charge is 0.311 e. The number of fused-ring (bicyclic) bond motifs is 1. The first-order chi connectivity index (χ1) is 13.0. The van der Waals surface area contributed by atoms with E-state index in [9.17, 15) is 13.2 Å². The highest BCUT2D eigenvalue weighted by atomic mass is 32.2. The van der Waals surface area contributed by atoms with Crippen LogP contribution >= 0.6 is 0 Å². The van der Waals surface area contributed by atoms with Gasteiger partial charge in [0.25, 0.3) is 5.56 Å². The molecule has 27 heavy (non-hydrogen) atoms. The van der Waals surface area contributed by atoms with Crippen molar-refractivity contribution in [1.29, 1.82) is 0 Å². The first-order valence-electron chi connectivity index (χ1n) is 8.29. The van der Waals surface area contributed by atoms with Crippen LogP contribution in [0, 0.1) is 0 Å². The summed E-state index contributed by atoms with van der Waals surface area (Å²) >= 11 is 0. The van der Waals surface area contributed by atoms with Crippen LogP contribution < -0.4 is 5.56 Å². The maximum Gasteiger partial charge on any atom is 0.278 e. The van der Waals surface area contributed by atoms with E-state index in [2.05, 4.69) is 15.0 Å². The summed E-state index contributed by atoms with van der Waals surface area (Å²) in [5, 5.41) is -0.158. The molecule has 2 heterocycles. The smallest absolute Gasteiger partial charge is 0.278 e. The quantitative estimate of drug-likeness (QED) is 0.572. The monoisotopic (exact) mass is 380 g/mol. The van der Waals surface area contributed by atoms with Gasteiger partial charge in [-0.15, -0.1) is 0 Å². The minimum absolute atomic E-state index is 0.0140. The predicted octanol–water partition coefficient (Wildman–Crippen LogP) is 2.14. The zero-order valence-electron chi connectivity index (χ0n) is 14.2. The van der Waals surface area contributed by atoms with Gasteiger partial charge in [0, 0.05) is 0 Å². The van der Waals surface area contributed by atoms with Gasteiger partial charge in [0.2, 0.25) is 15.0 Å². The molecular formula is C19H16N4O3S. The molecule has 4 aromatic rings. The Morgan fingerprint density at radius 1 is 0.926 bits per heavy atom. The van der Waals surface area contributed by atoms with Gasteiger partial charge >= 0.3 is 0 Å². The van der Waals surface area contributed by atoms with Crippen molar-refractivity contribution in [3.63, 3.8) is 0 Å². The zero-order chi connectivity index (χ0) is 18.9. The average Bonchev–Trinajstić information content (AvgIpc) is 3.04. The molecule has 0 aliphatic heterocycles. The summed E-state index contributed by atoms with van der Waals surface area (Å²) in [6.45, 7) is 0.247. The van der Waals surface area contributed by atoms with Gasteiger partial charge in [-0.1, -0.05) is 60.7 Å². The van der Waals surface area contributed by atoms with Crippen LogP contribution in [-0.4, -0.2) is 27.9 Å². The number of H-pyrrole nitrogens is 1. The number of aromatic nitrogens is 4. The molecule has 0 radical (unpaired) electrons. The minimum atomic E-state index is -3.78. The molecule has 0 unspecified atom stereocenters. The Morgan fingerprint density at radius 2 is 1.56 bits per heavy atom. The fourth-order valence-electron chi connectivity index (χ4n) is 2.93. The Morgan fingerprint density at radius 3 is 2.22 bits per heavy atom. The number of hydrogen-bond donors (Lipinski definition) is 1. The normalized spacial score (nSPS) is 11.7. The van der Waals surface area contributed by atoms with E-state index in [1.165, 1.54) is 10.9 Å². The summed E-state index contributed by atoms with van der Waals surface area (Å²) in [6.07, 6.45) is 1.25. The van der Waals surface area contributed by atoms with Crippen LogP contribution in [0.15, 0.2) is 76.9 Å². The van der Waals surface area contributed by atoms with E-state index in [1.54, 1.807) is 24.3 Å². The van der Waals surface area contributed by atoms with Crippen LogP contribution in [0.1, 0.15) is 11.1 Å². The van der Waals surface area contributed by atoms with Crippen LogP contribution in [0.2, 0.25) is 0 Å². The van der Waals surface area contributed by atoms with Crippen molar-refractivity contribution in [2.45, 2.75) is 17.5 Å². The topological polar surface area (TPSA) is 97.7 Å². The molecule has 0 spiro atoms. The van der Waals surface area contributed by atoms with Crippen molar-refractivity contribution >= 4 is 21.0 Å². The lowest BCUT2D eigenvalue weighted by atomic mass is 10.2. The fourth-order valence-corrected chi connectivity index (χ4v) is 4.41. The molecular weight excluding hydrogens is 364 g/mol. The summed E-state index contributed by atoms with van der Waals surface area (Å²) in [5.41, 5.74) is 1.32. The van der Waals surface area contributed by atoms with Crippen molar-refractivity contribution in [1.82, 2.24) is 19.5 Å². The molecule has 0 atom stereocenters. The SMILES string of the molecule is O=c1[nH]cnc2c1nc(S(=O)(=O)Cc1ccccc1)n2Cc1ccccc1. The van der Waals surface area contributed by atoms with Gasteiger partial charge in [0.15, 0.2) is 11.2 Å². The van der Waals surface area contributed by atoms with Crippen LogP contribution in [0.3, 0.4) is 0 Å². The molecule has 7 nitrogen and oxygen atoms in total. The maximum absolute atomic E-state index is 13.1. The molecule has 4 rings (SSSR count). The highest BCUT2D eigenvalue weighted by Gasteiger charge is 2.26. The summed E-state index contributed by atoms with van der Waals surface area (Å²) in [7, 11) is -3.78. The number of sulfone groups is 1. The molecule has 8 heteroatoms. The minimum Gasteiger partial charge on any atom is -0.311 e. The lowest BCUT2D eigenvalue weighted by Crippen LogP contribution is -2.14. The van der Waals surface area contributed by atoms with Crippen LogP contribution in [0.5, 0.6) is 0 Å². The number of benzene rings is 2. The standard InChI is InChI=1S/C19H16N4O3S/c24-18-16-17(20-13-21-18)23(11-14-7-3-1-4-8-14)19(22-16)27(25,26)12-15-9-5-2-6-10-15/h1-10,13H,11-12H2,(H,20,21,24). The Kier molecular flexibility index (Phi) is 4.33. The van der Waals surface area contributed by atoms with E-state index in [0.29, 0.717) is 5.56 Å². The second kappa shape index (κ2) is 6.81. The molecule has 1 N–H and O–H groups in total. The molecule has 0 saturated heterocycles. The molecule has 136 valence electrons. The van der Waals surface area contributed by atoms with Crippen molar-refractivity contribution in [2.24, 2.45) is 0 Å². The number of hydrogen-bond acceptors (Lipinski definition) is 5. The second-order valence-corrected chi connectivity index (χ2v) is 8.00. The third-order valence-electron chi connectivity index (χ3n) is 4.16. The molecule has 2 aromatic carbocycles. The van der Waals surface area contributed by atoms with E-state index in [-0.39, 0.29) is 28.6 Å². The maximum atomic E-state index is 13.1. The van der Waals surface area contributed by atoms with E-state index in [0.717, 1.165) is 5.56 Å². The van der Waals surface area contributed by atoms with E-state index >= 15 is 0 Å². The van der Waals surface area contributed by atoms with E-state index < -0.39 is 15.4 Å². The number of nitrogens with zero attached hydrogens (tertiary/aromatic N) is 3. The van der Waals surface area contributed by atoms with Crippen LogP contribution in [-0.2, 0) is 22.1 Å². The summed E-state index contributed by atoms with van der Waals surface area (Å²) in [6, 6.07) is 18.3. The van der Waals surface area contributed by atoms with Gasteiger partial charge in [-0.05, 0) is 11.1 Å². The average molecular weight is 380 g/mol. The second-order valence-electron chi connectivity index (χ2n) is 6.11. The number of imidazole rings is 1. The highest BCUT2D eigenvalue weighted by Crippen LogP contribution is 2.21. The highest BCUT2D eigenvalue weighted by molar-refractivity contribution is 7.90. The van der Waals surface area contributed by atoms with Gasteiger partial charge in [0.1, 0.15) is 0 Å². The van der Waals surface area contributed by atoms with Crippen molar-refractivity contribution in [2.75, 3.05) is 0 Å². The van der Waals surface area contributed by atoms with Gasteiger partial charge < -0.3 is 4.98 Å². The number of aromatic amines is 1. The lowest BCUT2D eigenvalue weighted by molar-refractivity contribution is 0.574. The molecule has 0 saturated carbocycles. The Hall–Kier alpha value is -3.26. The van der Waals surface area contributed by atoms with Gasteiger partial charge in [0.05, 0.1) is 18.6 Å². The van der Waals surface area contributed by atoms with Crippen molar-refractivity contribution in [3.8, 4) is 0 Å². The molecule has 0 aliphatic carbocycles. The molecule has 2 aromatic heterocycles. The molecule has 0 aliphatic rings. The first-order valence-corrected chi connectivity index (χ1v) is 9.94. The third kappa shape index (κ3) is 3.39. The fraction of sp³-hybridized carbons (Fsp3) is 0.105. The number of nitrogens with one attached hydrogen (secondary N) is 1. The van der Waals surface area contributed by atoms with Crippen LogP contribution in [0.25, 0.3) is 11.2 Å². The number of rotatable bonds is 5. The zero-order valence-corrected chi connectivity index (χ0v) is 15.1. The van der Waals surface area contributed by atoms with Crippen molar-refractivity contribution < 1.29 is 8.42 Å². The molecule has 0 fully saturated rings. The van der Waals surface area contributed by atoms with Crippen molar-refractivity contribution in [3.05, 3.63) is 88.5 Å². The van der Waals surface area contributed by atoms with E-state index in [4.69, 9.17) is 0 Å². The first kappa shape index (κ1) is 17.2. The van der Waals surface area contributed by atoms with Gasteiger partial charge in [-0.2, -0.15) is 0 Å².